The van der Waals surface area contributed by atoms with E-state index in [1.54, 1.807) is 30.3 Å². The predicted octanol–water partition coefficient (Wildman–Crippen LogP) is 0.846. The van der Waals surface area contributed by atoms with E-state index in [0.717, 1.165) is 0 Å². The van der Waals surface area contributed by atoms with Gasteiger partial charge >= 0.3 is 0 Å². The predicted molar refractivity (Wildman–Crippen MR) is 43.3 cm³/mol. The van der Waals surface area contributed by atoms with E-state index in [0.29, 0.717) is 5.56 Å². The number of rotatable bonds is 2. The zero-order valence-electron chi connectivity index (χ0n) is 6.20. The summed E-state index contributed by atoms with van der Waals surface area (Å²) in [6, 6.07) is 8.21. The standard InChI is InChI=1S/C8H7FN2O/c9-11-7(8(10)12)6-4-2-1-3-5-6/h1-5H,(H2,10,12)/b11-7+. The molecule has 0 radical (unpaired) electrons. The van der Waals surface area contributed by atoms with Crippen molar-refractivity contribution in [1.82, 2.24) is 0 Å². The Balaban J connectivity index is 3.05. The third-order valence-corrected chi connectivity index (χ3v) is 1.37. The van der Waals surface area contributed by atoms with Crippen molar-refractivity contribution >= 4 is 11.6 Å². The highest BCUT2D eigenvalue weighted by molar-refractivity contribution is 6.44. The van der Waals surface area contributed by atoms with Crippen LogP contribution in [0.25, 0.3) is 0 Å². The second-order valence-corrected chi connectivity index (χ2v) is 2.16. The first-order valence-corrected chi connectivity index (χ1v) is 3.30. The first-order chi connectivity index (χ1) is 5.75. The number of hydrogen-bond acceptors (Lipinski definition) is 2. The Morgan fingerprint density at radius 2 is 1.92 bits per heavy atom. The summed E-state index contributed by atoms with van der Waals surface area (Å²) in [6.07, 6.45) is 0. The fourth-order valence-corrected chi connectivity index (χ4v) is 0.829. The molecule has 0 aliphatic rings. The van der Waals surface area contributed by atoms with E-state index in [9.17, 15) is 9.28 Å². The molecule has 1 aromatic rings. The fourth-order valence-electron chi connectivity index (χ4n) is 0.829. The molecule has 0 atom stereocenters. The molecule has 0 bridgehead atoms. The van der Waals surface area contributed by atoms with Gasteiger partial charge in [-0.1, -0.05) is 40.0 Å². The number of primary amides is 1. The molecule has 4 heteroatoms. The first-order valence-electron chi connectivity index (χ1n) is 3.30. The van der Waals surface area contributed by atoms with Gasteiger partial charge in [-0.25, -0.2) is 0 Å². The SMILES string of the molecule is NC(=O)/C(=N/F)c1ccccc1. The van der Waals surface area contributed by atoms with E-state index < -0.39 is 5.91 Å². The summed E-state index contributed by atoms with van der Waals surface area (Å²) in [4.78, 5) is 10.6. The highest BCUT2D eigenvalue weighted by Crippen LogP contribution is 2.00. The van der Waals surface area contributed by atoms with Crippen molar-refractivity contribution in [2.24, 2.45) is 10.9 Å². The number of carbonyl (C=O) groups is 1. The Morgan fingerprint density at radius 1 is 1.33 bits per heavy atom. The molecule has 1 amide bonds. The van der Waals surface area contributed by atoms with Gasteiger partial charge in [0.05, 0.1) is 0 Å². The molecule has 0 saturated heterocycles. The van der Waals surface area contributed by atoms with E-state index in [4.69, 9.17) is 5.73 Å². The lowest BCUT2D eigenvalue weighted by molar-refractivity contribution is -0.112. The van der Waals surface area contributed by atoms with Gasteiger partial charge in [-0.05, 0) is 0 Å². The molecule has 0 spiro atoms. The van der Waals surface area contributed by atoms with Crippen LogP contribution in [0, 0.1) is 0 Å². The topological polar surface area (TPSA) is 55.5 Å². The van der Waals surface area contributed by atoms with Crippen LogP contribution in [0.3, 0.4) is 0 Å². The van der Waals surface area contributed by atoms with Gasteiger partial charge in [0.15, 0.2) is 5.71 Å². The lowest BCUT2D eigenvalue weighted by atomic mass is 10.1. The third kappa shape index (κ3) is 1.66. The normalized spacial score (nSPS) is 11.2. The van der Waals surface area contributed by atoms with E-state index in [1.165, 1.54) is 0 Å². The number of hydrogen-bond donors (Lipinski definition) is 1. The Labute approximate surface area is 68.7 Å². The number of carbonyl (C=O) groups excluding carboxylic acids is 1. The summed E-state index contributed by atoms with van der Waals surface area (Å²) >= 11 is 0. The average Bonchev–Trinajstić information content (AvgIpc) is 2.07. The zero-order chi connectivity index (χ0) is 8.97. The molecule has 0 aliphatic heterocycles. The first kappa shape index (κ1) is 8.39. The molecule has 0 unspecified atom stereocenters. The third-order valence-electron chi connectivity index (χ3n) is 1.37. The van der Waals surface area contributed by atoms with Gasteiger partial charge in [-0.2, -0.15) is 0 Å². The van der Waals surface area contributed by atoms with E-state index in [1.807, 2.05) is 0 Å². The van der Waals surface area contributed by atoms with Crippen molar-refractivity contribution in [2.75, 3.05) is 0 Å². The van der Waals surface area contributed by atoms with Crippen molar-refractivity contribution in [3.05, 3.63) is 35.9 Å². The minimum absolute atomic E-state index is 0.351. The van der Waals surface area contributed by atoms with Crippen LogP contribution in [-0.4, -0.2) is 11.6 Å². The van der Waals surface area contributed by atoms with Gasteiger partial charge in [0.25, 0.3) is 5.91 Å². The van der Waals surface area contributed by atoms with Crippen molar-refractivity contribution in [2.45, 2.75) is 0 Å². The fraction of sp³-hybridized carbons (Fsp3) is 0. The van der Waals surface area contributed by atoms with Crippen LogP contribution in [0.15, 0.2) is 35.5 Å². The van der Waals surface area contributed by atoms with Crippen LogP contribution in [0.4, 0.5) is 4.48 Å². The van der Waals surface area contributed by atoms with Crippen LogP contribution in [0.1, 0.15) is 5.56 Å². The Morgan fingerprint density at radius 3 is 2.33 bits per heavy atom. The van der Waals surface area contributed by atoms with Crippen LogP contribution < -0.4 is 5.73 Å². The van der Waals surface area contributed by atoms with E-state index in [2.05, 4.69) is 5.21 Å². The minimum Gasteiger partial charge on any atom is -0.364 e. The smallest absolute Gasteiger partial charge is 0.270 e. The molecule has 0 saturated carbocycles. The van der Waals surface area contributed by atoms with Crippen molar-refractivity contribution in [1.29, 1.82) is 0 Å². The van der Waals surface area contributed by atoms with Gasteiger partial charge in [0.1, 0.15) is 0 Å². The maximum Gasteiger partial charge on any atom is 0.270 e. The van der Waals surface area contributed by atoms with Gasteiger partial charge in [0, 0.05) is 5.56 Å². The van der Waals surface area contributed by atoms with Gasteiger partial charge in [-0.3, -0.25) is 4.79 Å². The summed E-state index contributed by atoms with van der Waals surface area (Å²) in [5, 5.41) is 2.30. The number of amides is 1. The zero-order valence-corrected chi connectivity index (χ0v) is 6.20. The van der Waals surface area contributed by atoms with E-state index >= 15 is 0 Å². The average molecular weight is 166 g/mol. The highest BCUT2D eigenvalue weighted by Gasteiger charge is 2.09. The largest absolute Gasteiger partial charge is 0.364 e. The molecule has 0 aliphatic carbocycles. The second kappa shape index (κ2) is 3.61. The molecular formula is C8H7FN2O. The summed E-state index contributed by atoms with van der Waals surface area (Å²) in [7, 11) is 0. The van der Waals surface area contributed by atoms with Crippen LogP contribution >= 0.6 is 0 Å². The van der Waals surface area contributed by atoms with Crippen LogP contribution in [-0.2, 0) is 4.79 Å². The lowest BCUT2D eigenvalue weighted by Gasteiger charge is -1.96. The van der Waals surface area contributed by atoms with Gasteiger partial charge < -0.3 is 5.73 Å². The summed E-state index contributed by atoms with van der Waals surface area (Å²) in [6.45, 7) is 0. The number of halogens is 1. The molecule has 62 valence electrons. The second-order valence-electron chi connectivity index (χ2n) is 2.16. The molecule has 12 heavy (non-hydrogen) atoms. The van der Waals surface area contributed by atoms with Crippen LogP contribution in [0.2, 0.25) is 0 Å². The monoisotopic (exact) mass is 166 g/mol. The minimum atomic E-state index is -0.872. The van der Waals surface area contributed by atoms with Crippen LogP contribution in [0.5, 0.6) is 0 Å². The van der Waals surface area contributed by atoms with Crippen molar-refractivity contribution in [3.8, 4) is 0 Å². The molecular weight excluding hydrogens is 159 g/mol. The van der Waals surface area contributed by atoms with Crippen molar-refractivity contribution < 1.29 is 9.28 Å². The Hall–Kier alpha value is -1.71. The number of benzene rings is 1. The summed E-state index contributed by atoms with van der Waals surface area (Å²) < 4.78 is 11.9. The molecule has 0 heterocycles. The Kier molecular flexibility index (Phi) is 2.53. The number of nitrogens with zero attached hydrogens (tertiary/aromatic N) is 1. The van der Waals surface area contributed by atoms with Crippen molar-refractivity contribution in [3.63, 3.8) is 0 Å². The summed E-state index contributed by atoms with van der Waals surface area (Å²) in [5.41, 5.74) is 4.90. The van der Waals surface area contributed by atoms with E-state index in [-0.39, 0.29) is 5.71 Å². The lowest BCUT2D eigenvalue weighted by Crippen LogP contribution is -2.23. The molecule has 1 rings (SSSR count). The summed E-state index contributed by atoms with van der Waals surface area (Å²) in [5.74, 6) is -0.872. The number of nitrogens with two attached hydrogens (primary N) is 1. The van der Waals surface area contributed by atoms with Gasteiger partial charge in [-0.15, -0.1) is 0 Å². The molecule has 2 N–H and O–H groups in total. The van der Waals surface area contributed by atoms with Gasteiger partial charge in [0.2, 0.25) is 0 Å². The quantitative estimate of drug-likeness (QED) is 0.650. The molecule has 0 fully saturated rings. The molecule has 1 aromatic carbocycles. The molecule has 3 nitrogen and oxygen atoms in total. The Bertz CT molecular complexity index is 308. The molecule has 0 aromatic heterocycles. The maximum atomic E-state index is 11.9. The highest BCUT2D eigenvalue weighted by atomic mass is 19.2. The maximum absolute atomic E-state index is 11.9.